The van der Waals surface area contributed by atoms with E-state index in [1.807, 2.05) is 11.8 Å². The first-order valence-electron chi connectivity index (χ1n) is 4.33. The molecule has 64 valence electrons. The van der Waals surface area contributed by atoms with Gasteiger partial charge in [0.15, 0.2) is 0 Å². The fraction of sp³-hybridized carbons (Fsp3) is 0.889. The molecule has 0 N–H and O–H groups in total. The number of hydrogen-bond acceptors (Lipinski definition) is 2. The van der Waals surface area contributed by atoms with Gasteiger partial charge in [-0.3, -0.25) is 4.79 Å². The Balaban J connectivity index is 2.04. The first-order valence-corrected chi connectivity index (χ1v) is 5.73. The Hall–Kier alpha value is 0.0200. The Morgan fingerprint density at radius 2 is 2.45 bits per heavy atom. The van der Waals surface area contributed by atoms with Crippen LogP contribution in [0, 0.1) is 5.92 Å². The van der Waals surface area contributed by atoms with Gasteiger partial charge in [0.25, 0.3) is 0 Å². The molecule has 1 rings (SSSR count). The summed E-state index contributed by atoms with van der Waals surface area (Å²) in [5.74, 6) is 2.47. The molecule has 0 aromatic heterocycles. The molecule has 1 atom stereocenters. The van der Waals surface area contributed by atoms with Crippen molar-refractivity contribution in [2.75, 3.05) is 12.0 Å². The van der Waals surface area contributed by atoms with Gasteiger partial charge < -0.3 is 0 Å². The summed E-state index contributed by atoms with van der Waals surface area (Å²) in [7, 11) is 0. The largest absolute Gasteiger partial charge is 0.300 e. The lowest BCUT2D eigenvalue weighted by Gasteiger charge is -2.05. The normalized spacial score (nSPS) is 24.5. The average molecular weight is 172 g/mol. The molecule has 0 heterocycles. The average Bonchev–Trinajstić information content (AvgIpc) is 2.37. The van der Waals surface area contributed by atoms with E-state index in [0.29, 0.717) is 5.78 Å². The highest BCUT2D eigenvalue weighted by Gasteiger charge is 2.20. The highest BCUT2D eigenvalue weighted by molar-refractivity contribution is 7.98. The molecule has 1 nitrogen and oxygen atoms in total. The molecule has 1 aliphatic rings. The molecule has 0 amide bonds. The lowest BCUT2D eigenvalue weighted by molar-refractivity contribution is -0.117. The molecule has 0 spiro atoms. The van der Waals surface area contributed by atoms with E-state index in [1.54, 1.807) is 0 Å². The Labute approximate surface area is 72.9 Å². The molecule has 0 aromatic rings. The van der Waals surface area contributed by atoms with Crippen molar-refractivity contribution in [1.29, 1.82) is 0 Å². The van der Waals surface area contributed by atoms with Gasteiger partial charge >= 0.3 is 0 Å². The number of thioether (sulfide) groups is 1. The van der Waals surface area contributed by atoms with Gasteiger partial charge in [0.1, 0.15) is 5.78 Å². The van der Waals surface area contributed by atoms with Crippen LogP contribution in [0.3, 0.4) is 0 Å². The fourth-order valence-electron chi connectivity index (χ4n) is 1.65. The molecule has 1 aliphatic carbocycles. The second-order valence-electron chi connectivity index (χ2n) is 3.28. The van der Waals surface area contributed by atoms with Crippen LogP contribution in [0.2, 0.25) is 0 Å². The topological polar surface area (TPSA) is 17.1 Å². The standard InChI is InChI=1S/C9H16OS/c1-11-6-2-3-8-4-5-9(10)7-8/h8H,2-7H2,1H3. The lowest BCUT2D eigenvalue weighted by atomic mass is 10.0. The van der Waals surface area contributed by atoms with Gasteiger partial charge in [-0.1, -0.05) is 0 Å². The van der Waals surface area contributed by atoms with Crippen LogP contribution in [0.4, 0.5) is 0 Å². The van der Waals surface area contributed by atoms with Crippen LogP contribution in [0.5, 0.6) is 0 Å². The second kappa shape index (κ2) is 4.81. The van der Waals surface area contributed by atoms with Gasteiger partial charge in [0, 0.05) is 12.8 Å². The molecule has 0 radical (unpaired) electrons. The zero-order valence-electron chi connectivity index (χ0n) is 7.14. The third-order valence-corrected chi connectivity index (χ3v) is 3.01. The van der Waals surface area contributed by atoms with E-state index >= 15 is 0 Å². The van der Waals surface area contributed by atoms with Gasteiger partial charge in [0.2, 0.25) is 0 Å². The van der Waals surface area contributed by atoms with Crippen LogP contribution in [0.1, 0.15) is 32.1 Å². The van der Waals surface area contributed by atoms with Gasteiger partial charge in [-0.2, -0.15) is 11.8 Å². The number of ketones is 1. The molecule has 1 fully saturated rings. The Bertz CT molecular complexity index is 134. The SMILES string of the molecule is CSCCCC1CCC(=O)C1. The summed E-state index contributed by atoms with van der Waals surface area (Å²) in [5.41, 5.74) is 0. The molecule has 2 heteroatoms. The smallest absolute Gasteiger partial charge is 0.133 e. The fourth-order valence-corrected chi connectivity index (χ4v) is 2.11. The van der Waals surface area contributed by atoms with Gasteiger partial charge in [0.05, 0.1) is 0 Å². The molecular formula is C9H16OS. The number of carbonyl (C=O) groups excluding carboxylic acids is 1. The molecule has 1 saturated carbocycles. The summed E-state index contributed by atoms with van der Waals surface area (Å²) in [6, 6.07) is 0. The minimum absolute atomic E-state index is 0.485. The maximum Gasteiger partial charge on any atom is 0.133 e. The van der Waals surface area contributed by atoms with Crippen LogP contribution >= 0.6 is 11.8 Å². The quantitative estimate of drug-likeness (QED) is 0.606. The summed E-state index contributed by atoms with van der Waals surface area (Å²) in [5, 5.41) is 0. The number of carbonyl (C=O) groups is 1. The first kappa shape index (κ1) is 9.11. The van der Waals surface area contributed by atoms with Crippen LogP contribution in [-0.4, -0.2) is 17.8 Å². The number of hydrogen-bond donors (Lipinski definition) is 0. The van der Waals surface area contributed by atoms with E-state index in [4.69, 9.17) is 0 Å². The summed E-state index contributed by atoms with van der Waals surface area (Å²) in [4.78, 5) is 10.9. The molecular weight excluding hydrogens is 156 g/mol. The van der Waals surface area contributed by atoms with Crippen molar-refractivity contribution in [3.05, 3.63) is 0 Å². The summed E-state index contributed by atoms with van der Waals surface area (Å²) >= 11 is 1.90. The van der Waals surface area contributed by atoms with Gasteiger partial charge in [-0.15, -0.1) is 0 Å². The number of rotatable bonds is 4. The van der Waals surface area contributed by atoms with Crippen LogP contribution in [0.25, 0.3) is 0 Å². The van der Waals surface area contributed by atoms with Crippen molar-refractivity contribution >= 4 is 17.5 Å². The van der Waals surface area contributed by atoms with E-state index < -0.39 is 0 Å². The van der Waals surface area contributed by atoms with E-state index in [9.17, 15) is 4.79 Å². The molecule has 11 heavy (non-hydrogen) atoms. The molecule has 0 saturated heterocycles. The molecule has 0 bridgehead atoms. The van der Waals surface area contributed by atoms with Crippen molar-refractivity contribution in [3.8, 4) is 0 Å². The van der Waals surface area contributed by atoms with E-state index in [1.165, 1.54) is 18.6 Å². The zero-order valence-corrected chi connectivity index (χ0v) is 7.95. The Morgan fingerprint density at radius 1 is 1.64 bits per heavy atom. The summed E-state index contributed by atoms with van der Waals surface area (Å²) < 4.78 is 0. The third kappa shape index (κ3) is 3.28. The predicted octanol–water partition coefficient (Wildman–Crippen LogP) is 2.50. The maximum atomic E-state index is 10.9. The highest BCUT2D eigenvalue weighted by Crippen LogP contribution is 2.26. The maximum absolute atomic E-state index is 10.9. The van der Waals surface area contributed by atoms with Crippen LogP contribution < -0.4 is 0 Å². The molecule has 0 aromatic carbocycles. The van der Waals surface area contributed by atoms with Gasteiger partial charge in [-0.25, -0.2) is 0 Å². The van der Waals surface area contributed by atoms with E-state index in [2.05, 4.69) is 6.26 Å². The third-order valence-electron chi connectivity index (χ3n) is 2.31. The minimum atomic E-state index is 0.485. The van der Waals surface area contributed by atoms with Crippen LogP contribution in [-0.2, 0) is 4.79 Å². The van der Waals surface area contributed by atoms with Crippen molar-refractivity contribution < 1.29 is 4.79 Å². The summed E-state index contributed by atoms with van der Waals surface area (Å²) in [6.07, 6.45) is 7.58. The van der Waals surface area contributed by atoms with E-state index in [0.717, 1.165) is 25.2 Å². The van der Waals surface area contributed by atoms with Crippen molar-refractivity contribution in [2.24, 2.45) is 5.92 Å². The number of Topliss-reactive ketones (excluding diaryl/α,β-unsaturated/α-hetero) is 1. The highest BCUT2D eigenvalue weighted by atomic mass is 32.2. The lowest BCUT2D eigenvalue weighted by Crippen LogP contribution is -1.95. The first-order chi connectivity index (χ1) is 5.33. The van der Waals surface area contributed by atoms with Gasteiger partial charge in [-0.05, 0) is 37.2 Å². The van der Waals surface area contributed by atoms with Crippen molar-refractivity contribution in [2.45, 2.75) is 32.1 Å². The Morgan fingerprint density at radius 3 is 3.00 bits per heavy atom. The Kier molecular flexibility index (Phi) is 3.98. The molecule has 1 unspecified atom stereocenters. The zero-order chi connectivity index (χ0) is 8.10. The van der Waals surface area contributed by atoms with E-state index in [-0.39, 0.29) is 0 Å². The monoisotopic (exact) mass is 172 g/mol. The predicted molar refractivity (Wildman–Crippen MR) is 50.0 cm³/mol. The second-order valence-corrected chi connectivity index (χ2v) is 4.27. The summed E-state index contributed by atoms with van der Waals surface area (Å²) in [6.45, 7) is 0. The molecule has 0 aliphatic heterocycles. The van der Waals surface area contributed by atoms with Crippen LogP contribution in [0.15, 0.2) is 0 Å². The van der Waals surface area contributed by atoms with Crippen molar-refractivity contribution in [3.63, 3.8) is 0 Å². The minimum Gasteiger partial charge on any atom is -0.300 e. The van der Waals surface area contributed by atoms with Crippen molar-refractivity contribution in [1.82, 2.24) is 0 Å².